The highest BCUT2D eigenvalue weighted by atomic mass is 32.1. The number of thiazole rings is 1. The molecule has 0 spiro atoms. The second-order valence-corrected chi connectivity index (χ2v) is 5.34. The van der Waals surface area contributed by atoms with E-state index in [2.05, 4.69) is 15.3 Å². The Morgan fingerprint density at radius 1 is 1.30 bits per heavy atom. The molecule has 20 heavy (non-hydrogen) atoms. The Hall–Kier alpha value is -2.34. The molecule has 3 N–H and O–H groups in total. The summed E-state index contributed by atoms with van der Waals surface area (Å²) in [5, 5.41) is 4.17. The van der Waals surface area contributed by atoms with Crippen LogP contribution < -0.4 is 15.8 Å². The number of hydrogen-bond acceptors (Lipinski definition) is 6. The first-order valence-electron chi connectivity index (χ1n) is 6.13. The quantitative estimate of drug-likeness (QED) is 0.721. The highest BCUT2D eigenvalue weighted by molar-refractivity contribution is 7.22. The molecule has 2 heterocycles. The third-order valence-corrected chi connectivity index (χ3v) is 3.84. The van der Waals surface area contributed by atoms with Crippen molar-refractivity contribution in [3.8, 4) is 5.88 Å². The van der Waals surface area contributed by atoms with E-state index in [-0.39, 0.29) is 0 Å². The number of aromatic nitrogens is 2. The first-order valence-corrected chi connectivity index (χ1v) is 6.95. The van der Waals surface area contributed by atoms with Crippen LogP contribution in [0.25, 0.3) is 10.2 Å². The molecule has 0 saturated carbocycles. The molecule has 0 radical (unpaired) electrons. The predicted molar refractivity (Wildman–Crippen MR) is 82.1 cm³/mol. The standard InChI is InChI=1S/C14H14N4OS/c1-19-13-5-2-9(7-16-13)8-17-14-18-11-4-3-10(15)6-12(11)20-14/h2-7H,8,15H2,1H3,(H,17,18). The van der Waals surface area contributed by atoms with Gasteiger partial charge in [0, 0.05) is 24.5 Å². The predicted octanol–water partition coefficient (Wildman–Crippen LogP) is 2.89. The van der Waals surface area contributed by atoms with Crippen molar-refractivity contribution in [2.75, 3.05) is 18.2 Å². The van der Waals surface area contributed by atoms with Crippen LogP contribution in [-0.2, 0) is 6.54 Å². The Morgan fingerprint density at radius 2 is 2.20 bits per heavy atom. The summed E-state index contributed by atoms with van der Waals surface area (Å²) < 4.78 is 6.11. The van der Waals surface area contributed by atoms with Crippen LogP contribution in [0.3, 0.4) is 0 Å². The van der Waals surface area contributed by atoms with E-state index < -0.39 is 0 Å². The van der Waals surface area contributed by atoms with Gasteiger partial charge in [0.1, 0.15) is 0 Å². The first kappa shape index (κ1) is 12.7. The summed E-state index contributed by atoms with van der Waals surface area (Å²) in [6.07, 6.45) is 1.79. The molecule has 0 aliphatic rings. The molecule has 0 unspecified atom stereocenters. The Balaban J connectivity index is 1.72. The minimum Gasteiger partial charge on any atom is -0.481 e. The number of methoxy groups -OCH3 is 1. The van der Waals surface area contributed by atoms with E-state index in [1.165, 1.54) is 0 Å². The van der Waals surface area contributed by atoms with Gasteiger partial charge in [0.05, 0.1) is 17.3 Å². The lowest BCUT2D eigenvalue weighted by Crippen LogP contribution is -1.99. The number of fused-ring (bicyclic) bond motifs is 1. The van der Waals surface area contributed by atoms with Gasteiger partial charge in [-0.3, -0.25) is 0 Å². The van der Waals surface area contributed by atoms with Crippen LogP contribution in [0.2, 0.25) is 0 Å². The Kier molecular flexibility index (Phi) is 3.39. The molecule has 1 aromatic carbocycles. The van der Waals surface area contributed by atoms with Crippen molar-refractivity contribution in [1.29, 1.82) is 0 Å². The number of anilines is 2. The lowest BCUT2D eigenvalue weighted by Gasteiger charge is -2.03. The molecule has 5 nitrogen and oxygen atoms in total. The van der Waals surface area contributed by atoms with Crippen LogP contribution in [0.15, 0.2) is 36.5 Å². The maximum Gasteiger partial charge on any atom is 0.212 e. The largest absolute Gasteiger partial charge is 0.481 e. The van der Waals surface area contributed by atoms with Crippen molar-refractivity contribution in [2.24, 2.45) is 0 Å². The van der Waals surface area contributed by atoms with Gasteiger partial charge in [-0.1, -0.05) is 17.4 Å². The topological polar surface area (TPSA) is 73.1 Å². The van der Waals surface area contributed by atoms with E-state index >= 15 is 0 Å². The van der Waals surface area contributed by atoms with Crippen LogP contribution in [0.5, 0.6) is 5.88 Å². The average molecular weight is 286 g/mol. The van der Waals surface area contributed by atoms with Crippen molar-refractivity contribution in [2.45, 2.75) is 6.54 Å². The number of benzene rings is 1. The van der Waals surface area contributed by atoms with Crippen LogP contribution in [0, 0.1) is 0 Å². The lowest BCUT2D eigenvalue weighted by atomic mass is 10.3. The molecule has 102 valence electrons. The number of hydrogen-bond donors (Lipinski definition) is 2. The number of pyridine rings is 1. The number of rotatable bonds is 4. The SMILES string of the molecule is COc1ccc(CNc2nc3ccc(N)cc3s2)cn1. The molecule has 2 aromatic heterocycles. The van der Waals surface area contributed by atoms with E-state index in [9.17, 15) is 0 Å². The van der Waals surface area contributed by atoms with E-state index in [1.54, 1.807) is 24.6 Å². The number of nitrogens with two attached hydrogens (primary N) is 1. The first-order chi connectivity index (χ1) is 9.74. The fourth-order valence-electron chi connectivity index (χ4n) is 1.83. The second kappa shape index (κ2) is 5.34. The summed E-state index contributed by atoms with van der Waals surface area (Å²) in [6, 6.07) is 9.55. The van der Waals surface area contributed by atoms with E-state index in [0.29, 0.717) is 12.4 Å². The molecule has 3 rings (SSSR count). The van der Waals surface area contributed by atoms with Gasteiger partial charge in [-0.15, -0.1) is 0 Å². The zero-order chi connectivity index (χ0) is 13.9. The Labute approximate surface area is 120 Å². The Bertz CT molecular complexity index is 724. The highest BCUT2D eigenvalue weighted by Crippen LogP contribution is 2.27. The van der Waals surface area contributed by atoms with Crippen molar-refractivity contribution < 1.29 is 4.74 Å². The minimum absolute atomic E-state index is 0.615. The van der Waals surface area contributed by atoms with Crippen molar-refractivity contribution >= 4 is 32.4 Å². The molecular formula is C14H14N4OS. The minimum atomic E-state index is 0.615. The zero-order valence-corrected chi connectivity index (χ0v) is 11.8. The zero-order valence-electron chi connectivity index (χ0n) is 11.0. The maximum atomic E-state index is 5.76. The molecule has 0 fully saturated rings. The summed E-state index contributed by atoms with van der Waals surface area (Å²) in [7, 11) is 1.60. The van der Waals surface area contributed by atoms with E-state index in [4.69, 9.17) is 10.5 Å². The molecular weight excluding hydrogens is 272 g/mol. The van der Waals surface area contributed by atoms with Gasteiger partial charge in [-0.2, -0.15) is 0 Å². The van der Waals surface area contributed by atoms with Crippen LogP contribution in [0.4, 0.5) is 10.8 Å². The summed E-state index contributed by atoms with van der Waals surface area (Å²) >= 11 is 1.59. The van der Waals surface area contributed by atoms with E-state index in [0.717, 1.165) is 26.6 Å². The molecule has 0 amide bonds. The van der Waals surface area contributed by atoms with Crippen molar-refractivity contribution in [1.82, 2.24) is 9.97 Å². The van der Waals surface area contributed by atoms with Crippen LogP contribution in [0.1, 0.15) is 5.56 Å². The number of nitrogens with one attached hydrogen (secondary N) is 1. The van der Waals surface area contributed by atoms with Gasteiger partial charge in [0.15, 0.2) is 5.13 Å². The molecule has 0 aliphatic carbocycles. The van der Waals surface area contributed by atoms with Gasteiger partial charge in [0.2, 0.25) is 5.88 Å². The van der Waals surface area contributed by atoms with Crippen LogP contribution >= 0.6 is 11.3 Å². The molecule has 0 bridgehead atoms. The summed E-state index contributed by atoms with van der Waals surface area (Å²) in [6.45, 7) is 0.673. The molecule has 6 heteroatoms. The van der Waals surface area contributed by atoms with Crippen molar-refractivity contribution in [3.05, 3.63) is 42.1 Å². The molecule has 3 aromatic rings. The number of ether oxygens (including phenoxy) is 1. The second-order valence-electron chi connectivity index (χ2n) is 4.31. The fourth-order valence-corrected chi connectivity index (χ4v) is 2.74. The fraction of sp³-hybridized carbons (Fsp3) is 0.143. The summed E-state index contributed by atoms with van der Waals surface area (Å²) in [5.41, 5.74) is 8.55. The highest BCUT2D eigenvalue weighted by Gasteiger charge is 2.04. The van der Waals surface area contributed by atoms with Gasteiger partial charge in [-0.25, -0.2) is 9.97 Å². The molecule has 0 atom stereocenters. The van der Waals surface area contributed by atoms with Gasteiger partial charge in [0.25, 0.3) is 0 Å². The smallest absolute Gasteiger partial charge is 0.212 e. The lowest BCUT2D eigenvalue weighted by molar-refractivity contribution is 0.397. The van der Waals surface area contributed by atoms with E-state index in [1.807, 2.05) is 30.3 Å². The normalized spacial score (nSPS) is 10.7. The Morgan fingerprint density at radius 3 is 2.95 bits per heavy atom. The molecule has 0 saturated heterocycles. The summed E-state index contributed by atoms with van der Waals surface area (Å²) in [5.74, 6) is 0.615. The van der Waals surface area contributed by atoms with Gasteiger partial charge in [-0.05, 0) is 23.8 Å². The van der Waals surface area contributed by atoms with Crippen molar-refractivity contribution in [3.63, 3.8) is 0 Å². The maximum absolute atomic E-state index is 5.76. The monoisotopic (exact) mass is 286 g/mol. The molecule has 0 aliphatic heterocycles. The van der Waals surface area contributed by atoms with Gasteiger partial charge < -0.3 is 15.8 Å². The number of nitrogen functional groups attached to an aromatic ring is 1. The third-order valence-electron chi connectivity index (χ3n) is 2.86. The third kappa shape index (κ3) is 2.65. The van der Waals surface area contributed by atoms with Crippen LogP contribution in [-0.4, -0.2) is 17.1 Å². The number of nitrogens with zero attached hydrogens (tertiary/aromatic N) is 2. The average Bonchev–Trinajstić information content (AvgIpc) is 2.87. The summed E-state index contributed by atoms with van der Waals surface area (Å²) in [4.78, 5) is 8.68. The van der Waals surface area contributed by atoms with Gasteiger partial charge >= 0.3 is 0 Å².